The van der Waals surface area contributed by atoms with Crippen molar-refractivity contribution in [2.24, 2.45) is 19.8 Å². The fourth-order valence-electron chi connectivity index (χ4n) is 1.94. The summed E-state index contributed by atoms with van der Waals surface area (Å²) in [6.07, 6.45) is 1.40. The first kappa shape index (κ1) is 12.6. The zero-order valence-corrected chi connectivity index (χ0v) is 10.5. The average Bonchev–Trinajstić information content (AvgIpc) is 2.61. The van der Waals surface area contributed by atoms with E-state index in [0.717, 1.165) is 11.0 Å². The van der Waals surface area contributed by atoms with Gasteiger partial charge in [-0.05, 0) is 23.8 Å². The highest BCUT2D eigenvalue weighted by Gasteiger charge is 2.08. The third-order valence-corrected chi connectivity index (χ3v) is 2.99. The summed E-state index contributed by atoms with van der Waals surface area (Å²) >= 11 is 0. The van der Waals surface area contributed by atoms with Crippen LogP contribution in [0.25, 0.3) is 17.1 Å². The Kier molecular flexibility index (Phi) is 2.97. The van der Waals surface area contributed by atoms with E-state index in [-0.39, 0.29) is 11.3 Å². The molecule has 0 aliphatic heterocycles. The van der Waals surface area contributed by atoms with Gasteiger partial charge in [-0.25, -0.2) is 4.79 Å². The minimum atomic E-state index is -0.774. The number of nitrogens with zero attached hydrogens (tertiary/aromatic N) is 3. The van der Waals surface area contributed by atoms with Crippen LogP contribution in [0.15, 0.2) is 28.6 Å². The standard InChI is InChI=1S/C13H12N4O2/c1-16-10-4-3-8(5-9(7-14)12(15)18)6-11(10)17(2)13(16)19/h3-6H,1-2H3,(H2,15,18)/b9-5+. The molecular formula is C13H12N4O2. The number of nitriles is 1. The van der Waals surface area contributed by atoms with E-state index in [9.17, 15) is 9.59 Å². The van der Waals surface area contributed by atoms with Gasteiger partial charge >= 0.3 is 5.69 Å². The second-order valence-corrected chi connectivity index (χ2v) is 4.18. The van der Waals surface area contributed by atoms with Crippen LogP contribution >= 0.6 is 0 Å². The Morgan fingerprint density at radius 1 is 1.32 bits per heavy atom. The molecule has 6 heteroatoms. The van der Waals surface area contributed by atoms with Gasteiger partial charge in [-0.1, -0.05) is 6.07 Å². The van der Waals surface area contributed by atoms with Crippen LogP contribution in [-0.2, 0) is 18.9 Å². The summed E-state index contributed by atoms with van der Waals surface area (Å²) in [5, 5.41) is 8.80. The Balaban J connectivity index is 2.67. The van der Waals surface area contributed by atoms with Gasteiger partial charge in [0, 0.05) is 14.1 Å². The van der Waals surface area contributed by atoms with Gasteiger partial charge in [0.15, 0.2) is 0 Å². The van der Waals surface area contributed by atoms with Crippen LogP contribution in [0.1, 0.15) is 5.56 Å². The van der Waals surface area contributed by atoms with Gasteiger partial charge in [0.2, 0.25) is 0 Å². The maximum absolute atomic E-state index is 11.8. The van der Waals surface area contributed by atoms with E-state index in [1.807, 2.05) is 0 Å². The molecule has 0 saturated carbocycles. The monoisotopic (exact) mass is 256 g/mol. The van der Waals surface area contributed by atoms with Crippen molar-refractivity contribution in [1.82, 2.24) is 9.13 Å². The predicted octanol–water partition coefficient (Wildman–Crippen LogP) is 0.269. The molecule has 0 radical (unpaired) electrons. The normalized spacial score (nSPS) is 11.5. The van der Waals surface area contributed by atoms with Crippen LogP contribution in [0.4, 0.5) is 0 Å². The van der Waals surface area contributed by atoms with Crippen molar-refractivity contribution in [2.75, 3.05) is 0 Å². The number of aryl methyl sites for hydroxylation is 2. The SMILES string of the molecule is Cn1c(=O)n(C)c2cc(/C=C(\C#N)C(N)=O)ccc21. The van der Waals surface area contributed by atoms with E-state index < -0.39 is 5.91 Å². The van der Waals surface area contributed by atoms with Crippen molar-refractivity contribution < 1.29 is 4.79 Å². The minimum absolute atomic E-state index is 0.125. The second kappa shape index (κ2) is 4.46. The highest BCUT2D eigenvalue weighted by molar-refractivity contribution is 6.00. The summed E-state index contributed by atoms with van der Waals surface area (Å²) in [6.45, 7) is 0. The van der Waals surface area contributed by atoms with Crippen molar-refractivity contribution in [1.29, 1.82) is 5.26 Å². The van der Waals surface area contributed by atoms with Crippen LogP contribution in [0.3, 0.4) is 0 Å². The maximum Gasteiger partial charge on any atom is 0.328 e. The average molecular weight is 256 g/mol. The topological polar surface area (TPSA) is 93.8 Å². The van der Waals surface area contributed by atoms with Crippen molar-refractivity contribution in [3.8, 4) is 6.07 Å². The second-order valence-electron chi connectivity index (χ2n) is 4.18. The van der Waals surface area contributed by atoms with Crippen molar-refractivity contribution >= 4 is 23.0 Å². The molecule has 0 fully saturated rings. The van der Waals surface area contributed by atoms with Gasteiger partial charge < -0.3 is 5.73 Å². The van der Waals surface area contributed by atoms with E-state index in [2.05, 4.69) is 0 Å². The number of fused-ring (bicyclic) bond motifs is 1. The molecule has 2 N–H and O–H groups in total. The number of nitrogens with two attached hydrogens (primary N) is 1. The van der Waals surface area contributed by atoms with Gasteiger partial charge in [0.25, 0.3) is 5.91 Å². The highest BCUT2D eigenvalue weighted by atomic mass is 16.2. The van der Waals surface area contributed by atoms with Gasteiger partial charge in [0.05, 0.1) is 11.0 Å². The first-order chi connectivity index (χ1) is 8.95. The molecule has 0 aliphatic carbocycles. The third kappa shape index (κ3) is 2.02. The molecule has 1 aromatic heterocycles. The fourth-order valence-corrected chi connectivity index (χ4v) is 1.94. The molecule has 2 rings (SSSR count). The van der Waals surface area contributed by atoms with Gasteiger partial charge in [0.1, 0.15) is 11.6 Å². The molecule has 0 bridgehead atoms. The molecule has 1 aromatic carbocycles. The zero-order chi connectivity index (χ0) is 14.2. The van der Waals surface area contributed by atoms with Crippen molar-refractivity contribution in [3.05, 3.63) is 39.8 Å². The van der Waals surface area contributed by atoms with Crippen molar-refractivity contribution in [2.45, 2.75) is 0 Å². The summed E-state index contributed by atoms with van der Waals surface area (Å²) < 4.78 is 3.03. The number of amides is 1. The summed E-state index contributed by atoms with van der Waals surface area (Å²) in [7, 11) is 3.35. The molecule has 0 atom stereocenters. The Hall–Kier alpha value is -2.81. The molecule has 96 valence electrons. The Bertz CT molecular complexity index is 802. The van der Waals surface area contributed by atoms with Crippen LogP contribution in [0.5, 0.6) is 0 Å². The van der Waals surface area contributed by atoms with E-state index in [1.165, 1.54) is 15.2 Å². The zero-order valence-electron chi connectivity index (χ0n) is 10.5. The summed E-state index contributed by atoms with van der Waals surface area (Å²) in [5.41, 5.74) is 6.97. The lowest BCUT2D eigenvalue weighted by Crippen LogP contribution is -2.19. The Morgan fingerprint density at radius 3 is 2.53 bits per heavy atom. The smallest absolute Gasteiger partial charge is 0.328 e. The Morgan fingerprint density at radius 2 is 1.95 bits per heavy atom. The number of primary amides is 1. The molecule has 0 aliphatic rings. The highest BCUT2D eigenvalue weighted by Crippen LogP contribution is 2.16. The number of hydrogen-bond donors (Lipinski definition) is 1. The number of carbonyl (C=O) groups is 1. The lowest BCUT2D eigenvalue weighted by molar-refractivity contribution is -0.114. The molecule has 1 amide bonds. The van der Waals surface area contributed by atoms with E-state index in [1.54, 1.807) is 38.4 Å². The van der Waals surface area contributed by atoms with Crippen molar-refractivity contribution in [3.63, 3.8) is 0 Å². The number of aromatic nitrogens is 2. The van der Waals surface area contributed by atoms with Crippen LogP contribution in [0, 0.1) is 11.3 Å². The summed E-state index contributed by atoms with van der Waals surface area (Å²) in [5.74, 6) is -0.774. The van der Waals surface area contributed by atoms with Gasteiger partial charge in [-0.2, -0.15) is 5.26 Å². The molecule has 0 saturated heterocycles. The number of imidazole rings is 1. The molecule has 2 aromatic rings. The number of benzene rings is 1. The summed E-state index contributed by atoms with van der Waals surface area (Å²) in [4.78, 5) is 22.8. The van der Waals surface area contributed by atoms with Crippen LogP contribution in [0.2, 0.25) is 0 Å². The van der Waals surface area contributed by atoms with Crippen LogP contribution in [-0.4, -0.2) is 15.0 Å². The first-order valence-electron chi connectivity index (χ1n) is 5.52. The van der Waals surface area contributed by atoms with Gasteiger partial charge in [-0.3, -0.25) is 13.9 Å². The lowest BCUT2D eigenvalue weighted by atomic mass is 10.1. The lowest BCUT2D eigenvalue weighted by Gasteiger charge is -1.98. The molecule has 6 nitrogen and oxygen atoms in total. The fraction of sp³-hybridized carbons (Fsp3) is 0.154. The number of carbonyl (C=O) groups excluding carboxylic acids is 1. The molecular weight excluding hydrogens is 244 g/mol. The Labute approximate surface area is 109 Å². The first-order valence-corrected chi connectivity index (χ1v) is 5.52. The van der Waals surface area contributed by atoms with E-state index >= 15 is 0 Å². The third-order valence-electron chi connectivity index (χ3n) is 2.99. The molecule has 0 spiro atoms. The molecule has 0 unspecified atom stereocenters. The predicted molar refractivity (Wildman–Crippen MR) is 70.9 cm³/mol. The largest absolute Gasteiger partial charge is 0.365 e. The quantitative estimate of drug-likeness (QED) is 0.617. The molecule has 19 heavy (non-hydrogen) atoms. The number of hydrogen-bond acceptors (Lipinski definition) is 3. The summed E-state index contributed by atoms with van der Waals surface area (Å²) in [6, 6.07) is 6.96. The maximum atomic E-state index is 11.8. The number of rotatable bonds is 2. The van der Waals surface area contributed by atoms with E-state index in [4.69, 9.17) is 11.0 Å². The van der Waals surface area contributed by atoms with Crippen LogP contribution < -0.4 is 11.4 Å². The molecule has 1 heterocycles. The van der Waals surface area contributed by atoms with Gasteiger partial charge in [-0.15, -0.1) is 0 Å². The minimum Gasteiger partial charge on any atom is -0.365 e. The van der Waals surface area contributed by atoms with E-state index in [0.29, 0.717) is 5.56 Å².